The molecular weight excluding hydrogens is 629 g/mol. The lowest BCUT2D eigenvalue weighted by atomic mass is 9.96. The van der Waals surface area contributed by atoms with Crippen molar-refractivity contribution in [3.63, 3.8) is 0 Å². The number of para-hydroxylation sites is 3. The topological polar surface area (TPSA) is 8.17 Å². The molecule has 0 aliphatic rings. The lowest BCUT2D eigenvalue weighted by Crippen LogP contribution is -2.11. The molecule has 10 rings (SSSR count). The van der Waals surface area contributed by atoms with Crippen molar-refractivity contribution < 1.29 is 0 Å². The van der Waals surface area contributed by atoms with Crippen LogP contribution in [-0.4, -0.2) is 4.57 Å². The SMILES string of the molecule is c1ccc(-c2ccccc2N(c2cccc(-c3cc(-n4c5ccccc5c5ccccc54)cc4ccccc34)c2)c2ccc3ccccc3c2)cc1. The first-order valence-corrected chi connectivity index (χ1v) is 17.9. The maximum absolute atomic E-state index is 2.42. The van der Waals surface area contributed by atoms with Crippen LogP contribution in [0.25, 0.3) is 71.3 Å². The minimum absolute atomic E-state index is 1.10. The first-order valence-electron chi connectivity index (χ1n) is 17.9. The lowest BCUT2D eigenvalue weighted by Gasteiger charge is -2.28. The third kappa shape index (κ3) is 5.04. The van der Waals surface area contributed by atoms with Gasteiger partial charge in [-0.3, -0.25) is 0 Å². The van der Waals surface area contributed by atoms with Crippen LogP contribution < -0.4 is 4.90 Å². The molecule has 0 atom stereocenters. The van der Waals surface area contributed by atoms with Crippen LogP contribution in [0.3, 0.4) is 0 Å². The highest BCUT2D eigenvalue weighted by atomic mass is 15.1. The molecule has 0 unspecified atom stereocenters. The van der Waals surface area contributed by atoms with Gasteiger partial charge in [-0.2, -0.15) is 0 Å². The molecule has 0 bridgehead atoms. The van der Waals surface area contributed by atoms with E-state index in [1.54, 1.807) is 0 Å². The summed E-state index contributed by atoms with van der Waals surface area (Å²) in [6.07, 6.45) is 0. The summed E-state index contributed by atoms with van der Waals surface area (Å²) in [5, 5.41) is 7.40. The molecule has 0 saturated carbocycles. The number of benzene rings is 9. The Morgan fingerprint density at radius 3 is 1.71 bits per heavy atom. The van der Waals surface area contributed by atoms with E-state index in [-0.39, 0.29) is 0 Å². The minimum Gasteiger partial charge on any atom is -0.310 e. The summed E-state index contributed by atoms with van der Waals surface area (Å²) in [7, 11) is 0. The highest BCUT2D eigenvalue weighted by Gasteiger charge is 2.19. The quantitative estimate of drug-likeness (QED) is 0.172. The van der Waals surface area contributed by atoms with Crippen LogP contribution in [0.15, 0.2) is 206 Å². The van der Waals surface area contributed by atoms with Crippen molar-refractivity contribution in [2.75, 3.05) is 4.90 Å². The second-order valence-corrected chi connectivity index (χ2v) is 13.4. The Balaban J connectivity index is 1.20. The lowest BCUT2D eigenvalue weighted by molar-refractivity contribution is 1.19. The largest absolute Gasteiger partial charge is 0.310 e. The van der Waals surface area contributed by atoms with Crippen molar-refractivity contribution >= 4 is 60.4 Å². The van der Waals surface area contributed by atoms with Crippen LogP contribution in [0.5, 0.6) is 0 Å². The Morgan fingerprint density at radius 2 is 0.923 bits per heavy atom. The maximum atomic E-state index is 2.42. The molecule has 0 saturated heterocycles. The molecule has 0 aliphatic heterocycles. The summed E-state index contributed by atoms with van der Waals surface area (Å²) in [6.45, 7) is 0. The van der Waals surface area contributed by atoms with Gasteiger partial charge < -0.3 is 9.47 Å². The average Bonchev–Trinajstić information content (AvgIpc) is 3.56. The number of hydrogen-bond acceptors (Lipinski definition) is 1. The van der Waals surface area contributed by atoms with Crippen molar-refractivity contribution in [2.24, 2.45) is 0 Å². The van der Waals surface area contributed by atoms with Crippen LogP contribution in [0.2, 0.25) is 0 Å². The second kappa shape index (κ2) is 12.5. The van der Waals surface area contributed by atoms with E-state index >= 15 is 0 Å². The van der Waals surface area contributed by atoms with Gasteiger partial charge in [0.05, 0.1) is 16.7 Å². The molecule has 52 heavy (non-hydrogen) atoms. The number of rotatable bonds is 6. The fourth-order valence-electron chi connectivity index (χ4n) is 7.95. The fourth-order valence-corrected chi connectivity index (χ4v) is 7.95. The number of nitrogens with zero attached hydrogens (tertiary/aromatic N) is 2. The first-order chi connectivity index (χ1) is 25.8. The summed E-state index contributed by atoms with van der Waals surface area (Å²) >= 11 is 0. The van der Waals surface area contributed by atoms with Gasteiger partial charge in [-0.1, -0.05) is 152 Å². The van der Waals surface area contributed by atoms with E-state index < -0.39 is 0 Å². The standard InChI is InChI=1S/C50H34N2/c1-2-16-36(17-3-1)44-23-8-11-26-48(44)51(41-30-29-35-15-4-5-18-37(35)31-41)40-21-14-20-39(32-40)47-34-42(33-38-19-6-7-22-43(38)47)52-49-27-12-9-24-45(49)46-25-10-13-28-50(46)52/h1-34H. The predicted molar refractivity (Wildman–Crippen MR) is 221 cm³/mol. The number of fused-ring (bicyclic) bond motifs is 5. The Bertz CT molecular complexity index is 2860. The van der Waals surface area contributed by atoms with Crippen LogP contribution in [0.4, 0.5) is 17.1 Å². The molecule has 0 spiro atoms. The van der Waals surface area contributed by atoms with Gasteiger partial charge in [-0.25, -0.2) is 0 Å². The summed E-state index contributed by atoms with van der Waals surface area (Å²) in [6, 6.07) is 74.8. The van der Waals surface area contributed by atoms with Gasteiger partial charge in [0, 0.05) is 33.4 Å². The Labute approximate surface area is 303 Å². The molecule has 0 N–H and O–H groups in total. The zero-order valence-corrected chi connectivity index (χ0v) is 28.5. The van der Waals surface area contributed by atoms with Gasteiger partial charge in [0.25, 0.3) is 0 Å². The maximum Gasteiger partial charge on any atom is 0.0541 e. The molecule has 1 heterocycles. The second-order valence-electron chi connectivity index (χ2n) is 13.4. The van der Waals surface area contributed by atoms with E-state index in [1.807, 2.05) is 0 Å². The molecule has 1 aromatic heterocycles. The van der Waals surface area contributed by atoms with Gasteiger partial charge in [0.2, 0.25) is 0 Å². The van der Waals surface area contributed by atoms with E-state index in [2.05, 4.69) is 216 Å². The third-order valence-corrected chi connectivity index (χ3v) is 10.3. The number of hydrogen-bond donors (Lipinski definition) is 0. The van der Waals surface area contributed by atoms with Gasteiger partial charge in [0.15, 0.2) is 0 Å². The van der Waals surface area contributed by atoms with Crippen molar-refractivity contribution in [1.29, 1.82) is 0 Å². The van der Waals surface area contributed by atoms with Crippen LogP contribution in [0.1, 0.15) is 0 Å². The average molecular weight is 663 g/mol. The molecule has 2 nitrogen and oxygen atoms in total. The minimum atomic E-state index is 1.10. The molecule has 10 aromatic rings. The third-order valence-electron chi connectivity index (χ3n) is 10.3. The smallest absolute Gasteiger partial charge is 0.0541 e. The molecule has 0 radical (unpaired) electrons. The highest BCUT2D eigenvalue weighted by Crippen LogP contribution is 2.44. The summed E-state index contributed by atoms with van der Waals surface area (Å²) < 4.78 is 2.42. The van der Waals surface area contributed by atoms with E-state index in [0.717, 1.165) is 22.7 Å². The molecule has 2 heteroatoms. The van der Waals surface area contributed by atoms with Crippen LogP contribution >= 0.6 is 0 Å². The Kier molecular flexibility index (Phi) is 7.18. The zero-order valence-electron chi connectivity index (χ0n) is 28.5. The van der Waals surface area contributed by atoms with Crippen molar-refractivity contribution in [3.8, 4) is 27.9 Å². The monoisotopic (exact) mass is 662 g/mol. The number of aromatic nitrogens is 1. The first kappa shape index (κ1) is 30.0. The van der Waals surface area contributed by atoms with E-state index in [4.69, 9.17) is 0 Å². The molecular formula is C50H34N2. The van der Waals surface area contributed by atoms with Gasteiger partial charge in [0.1, 0.15) is 0 Å². The molecule has 9 aromatic carbocycles. The highest BCUT2D eigenvalue weighted by molar-refractivity contribution is 6.10. The normalized spacial score (nSPS) is 11.5. The predicted octanol–water partition coefficient (Wildman–Crippen LogP) is 13.9. The van der Waals surface area contributed by atoms with Gasteiger partial charge in [-0.15, -0.1) is 0 Å². The van der Waals surface area contributed by atoms with Crippen molar-refractivity contribution in [1.82, 2.24) is 4.57 Å². The van der Waals surface area contributed by atoms with Gasteiger partial charge >= 0.3 is 0 Å². The zero-order chi connectivity index (χ0) is 34.4. The molecule has 0 fully saturated rings. The molecule has 0 amide bonds. The van der Waals surface area contributed by atoms with E-state index in [9.17, 15) is 0 Å². The van der Waals surface area contributed by atoms with Crippen molar-refractivity contribution in [3.05, 3.63) is 206 Å². The summed E-state index contributed by atoms with van der Waals surface area (Å²) in [5.74, 6) is 0. The summed E-state index contributed by atoms with van der Waals surface area (Å²) in [5.41, 5.74) is 11.6. The van der Waals surface area contributed by atoms with Crippen molar-refractivity contribution in [2.45, 2.75) is 0 Å². The Hall–Kier alpha value is -6.90. The van der Waals surface area contributed by atoms with E-state index in [0.29, 0.717) is 0 Å². The Morgan fingerprint density at radius 1 is 0.327 bits per heavy atom. The van der Waals surface area contributed by atoms with E-state index in [1.165, 1.54) is 65.6 Å². The molecule has 244 valence electrons. The number of anilines is 3. The summed E-state index contributed by atoms with van der Waals surface area (Å²) in [4.78, 5) is 2.41. The van der Waals surface area contributed by atoms with Crippen LogP contribution in [0, 0.1) is 0 Å². The molecule has 0 aliphatic carbocycles. The fraction of sp³-hybridized carbons (Fsp3) is 0. The van der Waals surface area contributed by atoms with Crippen LogP contribution in [-0.2, 0) is 0 Å². The van der Waals surface area contributed by atoms with Gasteiger partial charge in [-0.05, 0) is 92.8 Å².